The van der Waals surface area contributed by atoms with E-state index in [4.69, 9.17) is 0 Å². The number of rotatable bonds is 5. The highest BCUT2D eigenvalue weighted by atomic mass is 16.2. The second-order valence-electron chi connectivity index (χ2n) is 7.13. The molecule has 0 radical (unpaired) electrons. The fourth-order valence-corrected chi connectivity index (χ4v) is 3.46. The topological polar surface area (TPSA) is 89.2 Å². The minimum absolute atomic E-state index is 0.198. The van der Waals surface area contributed by atoms with Gasteiger partial charge < -0.3 is 5.32 Å². The zero-order chi connectivity index (χ0) is 21.9. The van der Waals surface area contributed by atoms with Crippen molar-refractivity contribution in [3.05, 3.63) is 114 Å². The van der Waals surface area contributed by atoms with Gasteiger partial charge in [0.05, 0.1) is 11.3 Å². The molecule has 0 fully saturated rings. The number of nitrogens with one attached hydrogen (secondary N) is 1. The van der Waals surface area contributed by atoms with Gasteiger partial charge in [0.25, 0.3) is 5.91 Å². The quantitative estimate of drug-likeness (QED) is 0.430. The first-order chi connectivity index (χ1) is 15.7. The zero-order valence-electron chi connectivity index (χ0n) is 16.8. The maximum absolute atomic E-state index is 13.1. The number of hydrogen-bond acceptors (Lipinski definition) is 5. The van der Waals surface area contributed by atoms with Crippen LogP contribution in [0.5, 0.6) is 0 Å². The third-order valence-corrected chi connectivity index (χ3v) is 5.03. The van der Waals surface area contributed by atoms with E-state index in [-0.39, 0.29) is 11.7 Å². The fraction of sp³-hybridized carbons (Fsp3) is 0. The van der Waals surface area contributed by atoms with Crippen molar-refractivity contribution in [1.82, 2.24) is 19.8 Å². The second-order valence-corrected chi connectivity index (χ2v) is 7.13. The van der Waals surface area contributed by atoms with Gasteiger partial charge >= 0.3 is 0 Å². The first-order valence-corrected chi connectivity index (χ1v) is 9.97. The Morgan fingerprint density at radius 2 is 1.56 bits per heavy atom. The summed E-state index contributed by atoms with van der Waals surface area (Å²) in [6.45, 7) is 0. The summed E-state index contributed by atoms with van der Waals surface area (Å²) in [5.41, 5.74) is 3.99. The SMILES string of the molecule is O=C(Nc1cccc(-c2ccc3nncn3n2)c1)c1ccccc1C(=O)c1ccccc1. The van der Waals surface area contributed by atoms with Gasteiger partial charge in [0, 0.05) is 22.4 Å². The standard InChI is InChI=1S/C25H17N5O2/c31-24(17-7-2-1-3-8-17)20-11-4-5-12-21(20)25(32)27-19-10-6-9-18(15-19)22-13-14-23-28-26-16-30(23)29-22/h1-16H,(H,27,32). The monoisotopic (exact) mass is 419 g/mol. The maximum atomic E-state index is 13.1. The fourth-order valence-electron chi connectivity index (χ4n) is 3.46. The van der Waals surface area contributed by atoms with Gasteiger partial charge in [0.15, 0.2) is 11.4 Å². The number of carbonyl (C=O) groups is 2. The number of benzene rings is 3. The van der Waals surface area contributed by atoms with E-state index in [0.29, 0.717) is 33.7 Å². The average Bonchev–Trinajstić information content (AvgIpc) is 3.32. The van der Waals surface area contributed by atoms with Crippen LogP contribution in [0.3, 0.4) is 0 Å². The van der Waals surface area contributed by atoms with Crippen molar-refractivity contribution in [3.8, 4) is 11.3 Å². The number of aromatic nitrogens is 4. The molecule has 0 aliphatic rings. The molecule has 0 atom stereocenters. The molecule has 7 heteroatoms. The van der Waals surface area contributed by atoms with Crippen LogP contribution in [-0.2, 0) is 0 Å². The summed E-state index contributed by atoms with van der Waals surface area (Å²) in [5.74, 6) is -0.555. The molecule has 154 valence electrons. The minimum Gasteiger partial charge on any atom is -0.322 e. The van der Waals surface area contributed by atoms with Crippen LogP contribution in [0.25, 0.3) is 16.9 Å². The molecule has 0 saturated heterocycles. The molecule has 1 amide bonds. The van der Waals surface area contributed by atoms with Crippen LogP contribution < -0.4 is 5.32 Å². The van der Waals surface area contributed by atoms with E-state index in [9.17, 15) is 9.59 Å². The Labute approximate surface area is 183 Å². The number of amides is 1. The summed E-state index contributed by atoms with van der Waals surface area (Å²) in [5, 5.41) is 15.2. The normalized spacial score (nSPS) is 10.8. The molecule has 5 aromatic rings. The molecule has 1 N–H and O–H groups in total. The number of nitrogens with zero attached hydrogens (tertiary/aromatic N) is 4. The second kappa shape index (κ2) is 8.23. The lowest BCUT2D eigenvalue weighted by molar-refractivity contribution is 0.0996. The molecule has 5 rings (SSSR count). The van der Waals surface area contributed by atoms with E-state index in [0.717, 1.165) is 5.56 Å². The Morgan fingerprint density at radius 1 is 0.781 bits per heavy atom. The van der Waals surface area contributed by atoms with E-state index in [1.54, 1.807) is 59.1 Å². The van der Waals surface area contributed by atoms with Gasteiger partial charge in [-0.2, -0.15) is 9.61 Å². The Morgan fingerprint density at radius 3 is 2.41 bits per heavy atom. The van der Waals surface area contributed by atoms with Gasteiger partial charge in [-0.05, 0) is 30.3 Å². The highest BCUT2D eigenvalue weighted by Gasteiger charge is 2.18. The Hall–Kier alpha value is -4.65. The molecular formula is C25H17N5O2. The number of hydrogen-bond donors (Lipinski definition) is 1. The average molecular weight is 419 g/mol. The molecule has 2 aromatic heterocycles. The van der Waals surface area contributed by atoms with Gasteiger partial charge in [0.1, 0.15) is 6.33 Å². The Bertz CT molecular complexity index is 1440. The summed E-state index contributed by atoms with van der Waals surface area (Å²) in [7, 11) is 0. The minimum atomic E-state index is -0.357. The molecule has 0 aliphatic heterocycles. The summed E-state index contributed by atoms with van der Waals surface area (Å²) < 4.78 is 1.59. The summed E-state index contributed by atoms with van der Waals surface area (Å²) in [6.07, 6.45) is 1.53. The number of carbonyl (C=O) groups excluding carboxylic acids is 2. The summed E-state index contributed by atoms with van der Waals surface area (Å²) in [6, 6.07) is 26.8. The number of ketones is 1. The van der Waals surface area contributed by atoms with Crippen molar-refractivity contribution in [3.63, 3.8) is 0 Å². The predicted octanol–water partition coefficient (Wildman–Crippen LogP) is 4.27. The molecule has 32 heavy (non-hydrogen) atoms. The first-order valence-electron chi connectivity index (χ1n) is 9.97. The Kier molecular flexibility index (Phi) is 4.97. The first kappa shape index (κ1) is 19.3. The lowest BCUT2D eigenvalue weighted by atomic mass is 9.98. The highest BCUT2D eigenvalue weighted by molar-refractivity contribution is 6.17. The van der Waals surface area contributed by atoms with Crippen LogP contribution in [0.15, 0.2) is 97.3 Å². The smallest absolute Gasteiger partial charge is 0.256 e. The molecular weight excluding hydrogens is 402 g/mol. The lowest BCUT2D eigenvalue weighted by Crippen LogP contribution is -2.17. The molecule has 0 saturated carbocycles. The van der Waals surface area contributed by atoms with Gasteiger partial charge in [-0.15, -0.1) is 10.2 Å². The van der Waals surface area contributed by atoms with Gasteiger partial charge in [0.2, 0.25) is 0 Å². The lowest BCUT2D eigenvalue weighted by Gasteiger charge is -2.11. The van der Waals surface area contributed by atoms with E-state index in [2.05, 4.69) is 20.6 Å². The molecule has 0 aliphatic carbocycles. The molecule has 0 unspecified atom stereocenters. The van der Waals surface area contributed by atoms with Gasteiger partial charge in [-0.25, -0.2) is 0 Å². The van der Waals surface area contributed by atoms with Crippen molar-refractivity contribution in [1.29, 1.82) is 0 Å². The van der Waals surface area contributed by atoms with Crippen LogP contribution in [0.2, 0.25) is 0 Å². The van der Waals surface area contributed by atoms with Crippen molar-refractivity contribution < 1.29 is 9.59 Å². The maximum Gasteiger partial charge on any atom is 0.256 e. The van der Waals surface area contributed by atoms with Crippen LogP contribution in [0.1, 0.15) is 26.3 Å². The van der Waals surface area contributed by atoms with Crippen LogP contribution in [-0.4, -0.2) is 31.5 Å². The summed E-state index contributed by atoms with van der Waals surface area (Å²) >= 11 is 0. The van der Waals surface area contributed by atoms with Crippen molar-refractivity contribution in [2.24, 2.45) is 0 Å². The number of fused-ring (bicyclic) bond motifs is 1. The van der Waals surface area contributed by atoms with E-state index in [1.165, 1.54) is 6.33 Å². The highest BCUT2D eigenvalue weighted by Crippen LogP contribution is 2.22. The zero-order valence-corrected chi connectivity index (χ0v) is 16.8. The molecule has 0 bridgehead atoms. The van der Waals surface area contributed by atoms with Crippen molar-refractivity contribution in [2.75, 3.05) is 5.32 Å². The van der Waals surface area contributed by atoms with Gasteiger partial charge in [-0.1, -0.05) is 60.7 Å². The summed E-state index contributed by atoms with van der Waals surface area (Å²) in [4.78, 5) is 26.0. The van der Waals surface area contributed by atoms with E-state index >= 15 is 0 Å². The Balaban J connectivity index is 1.43. The van der Waals surface area contributed by atoms with Crippen molar-refractivity contribution >= 4 is 23.0 Å². The predicted molar refractivity (Wildman–Crippen MR) is 120 cm³/mol. The third kappa shape index (κ3) is 3.75. The van der Waals surface area contributed by atoms with Crippen LogP contribution >= 0.6 is 0 Å². The molecule has 2 heterocycles. The molecule has 7 nitrogen and oxygen atoms in total. The van der Waals surface area contributed by atoms with E-state index < -0.39 is 0 Å². The largest absolute Gasteiger partial charge is 0.322 e. The third-order valence-electron chi connectivity index (χ3n) is 5.03. The van der Waals surface area contributed by atoms with Crippen LogP contribution in [0, 0.1) is 0 Å². The van der Waals surface area contributed by atoms with E-state index in [1.807, 2.05) is 36.4 Å². The van der Waals surface area contributed by atoms with Crippen molar-refractivity contribution in [2.45, 2.75) is 0 Å². The number of anilines is 1. The molecule has 0 spiro atoms. The molecule has 3 aromatic carbocycles. The van der Waals surface area contributed by atoms with Gasteiger partial charge in [-0.3, -0.25) is 9.59 Å². The van der Waals surface area contributed by atoms with Crippen LogP contribution in [0.4, 0.5) is 5.69 Å².